The summed E-state index contributed by atoms with van der Waals surface area (Å²) < 4.78 is 64.0. The monoisotopic (exact) mass is 606 g/mol. The summed E-state index contributed by atoms with van der Waals surface area (Å²) in [6, 6.07) is 32.1. The van der Waals surface area contributed by atoms with Crippen LogP contribution < -0.4 is 9.05 Å². The molecule has 0 unspecified atom stereocenters. The number of hydrogen-bond donors (Lipinski definition) is 0. The minimum Gasteiger partial charge on any atom is -0.452 e. The summed E-state index contributed by atoms with van der Waals surface area (Å²) in [5, 5.41) is 0. The highest BCUT2D eigenvalue weighted by atomic mass is 31.2. The Morgan fingerprint density at radius 1 is 0.651 bits per heavy atom. The van der Waals surface area contributed by atoms with Crippen LogP contribution in [0.3, 0.4) is 0 Å². The number of phosphoric ester groups is 1. The Balaban J connectivity index is 1.43. The van der Waals surface area contributed by atoms with Gasteiger partial charge in [0.2, 0.25) is 6.29 Å². The summed E-state index contributed by atoms with van der Waals surface area (Å²) >= 11 is 0. The average molecular weight is 607 g/mol. The lowest BCUT2D eigenvalue weighted by molar-refractivity contribution is -0.253. The number of rotatable bonds is 10. The molecule has 5 rings (SSSR count). The van der Waals surface area contributed by atoms with Crippen LogP contribution in [0.15, 0.2) is 121 Å². The second kappa shape index (κ2) is 13.6. The fourth-order valence-corrected chi connectivity index (χ4v) is 5.59. The molecule has 1 saturated heterocycles. The molecule has 11 heteroatoms. The van der Waals surface area contributed by atoms with E-state index in [1.165, 1.54) is 55.5 Å². The van der Waals surface area contributed by atoms with Crippen LogP contribution in [0.5, 0.6) is 11.5 Å². The molecule has 222 valence electrons. The zero-order valence-electron chi connectivity index (χ0n) is 22.9. The minimum absolute atomic E-state index is 0.128. The second-order valence-corrected chi connectivity index (χ2v) is 11.0. The Morgan fingerprint density at radius 2 is 1.05 bits per heavy atom. The van der Waals surface area contributed by atoms with Gasteiger partial charge < -0.3 is 23.3 Å². The Hall–Kier alpha value is -4.50. The van der Waals surface area contributed by atoms with Crippen molar-refractivity contribution in [2.75, 3.05) is 0 Å². The van der Waals surface area contributed by atoms with Crippen LogP contribution in [0.2, 0.25) is 0 Å². The first-order chi connectivity index (χ1) is 20.8. The first-order valence-electron chi connectivity index (χ1n) is 13.4. The van der Waals surface area contributed by atoms with E-state index in [1.807, 2.05) is 0 Å². The van der Waals surface area contributed by atoms with Gasteiger partial charge in [0.1, 0.15) is 11.5 Å². The molecule has 1 aliphatic heterocycles. The SMILES string of the molecule is C[C@@H]1O[C@@H](OP(=O)(Oc2ccccc2)Oc2ccccc2)[C@@H](F)[C@H](OC(=O)c2ccccc2)[C@@H]1OC(=O)c1ccccc1. The molecule has 4 aromatic rings. The van der Waals surface area contributed by atoms with E-state index in [9.17, 15) is 14.2 Å². The third-order valence-corrected chi connectivity index (χ3v) is 7.70. The Bertz CT molecular complexity index is 1500. The van der Waals surface area contributed by atoms with E-state index in [2.05, 4.69) is 0 Å². The molecule has 0 aromatic heterocycles. The lowest BCUT2D eigenvalue weighted by atomic mass is 10.00. The molecule has 0 bridgehead atoms. The lowest BCUT2D eigenvalue weighted by Crippen LogP contribution is -2.58. The fraction of sp³-hybridized carbons (Fsp3) is 0.188. The van der Waals surface area contributed by atoms with E-state index in [4.69, 9.17) is 27.8 Å². The van der Waals surface area contributed by atoms with Gasteiger partial charge in [-0.1, -0.05) is 72.8 Å². The van der Waals surface area contributed by atoms with E-state index in [0.717, 1.165) is 0 Å². The summed E-state index contributed by atoms with van der Waals surface area (Å²) in [5.41, 5.74) is 0.346. The third-order valence-electron chi connectivity index (χ3n) is 6.37. The van der Waals surface area contributed by atoms with Gasteiger partial charge in [-0.05, 0) is 55.5 Å². The second-order valence-electron chi connectivity index (χ2n) is 9.49. The summed E-state index contributed by atoms with van der Waals surface area (Å²) in [6.07, 6.45) is -8.38. The quantitative estimate of drug-likeness (QED) is 0.142. The number of hydrogen-bond acceptors (Lipinski definition) is 9. The lowest BCUT2D eigenvalue weighted by Gasteiger charge is -2.41. The van der Waals surface area contributed by atoms with Gasteiger partial charge in [-0.15, -0.1) is 0 Å². The van der Waals surface area contributed by atoms with Crippen molar-refractivity contribution in [1.29, 1.82) is 0 Å². The number of halogens is 1. The number of esters is 2. The molecule has 1 fully saturated rings. The molecule has 0 amide bonds. The van der Waals surface area contributed by atoms with Gasteiger partial charge in [0.15, 0.2) is 18.4 Å². The van der Waals surface area contributed by atoms with E-state index in [-0.39, 0.29) is 22.6 Å². The number of ether oxygens (including phenoxy) is 3. The summed E-state index contributed by atoms with van der Waals surface area (Å²) in [7, 11) is -4.62. The van der Waals surface area contributed by atoms with Crippen LogP contribution >= 0.6 is 7.82 Å². The van der Waals surface area contributed by atoms with Crippen LogP contribution in [-0.2, 0) is 23.3 Å². The van der Waals surface area contributed by atoms with E-state index < -0.39 is 50.5 Å². The van der Waals surface area contributed by atoms with Crippen molar-refractivity contribution < 1.29 is 46.3 Å². The Morgan fingerprint density at radius 3 is 1.49 bits per heavy atom. The zero-order chi connectivity index (χ0) is 30.2. The van der Waals surface area contributed by atoms with Gasteiger partial charge in [0, 0.05) is 0 Å². The van der Waals surface area contributed by atoms with Crippen LogP contribution in [0.4, 0.5) is 4.39 Å². The molecule has 0 N–H and O–H groups in total. The highest BCUT2D eigenvalue weighted by molar-refractivity contribution is 7.49. The first kappa shape index (κ1) is 30.0. The van der Waals surface area contributed by atoms with Crippen LogP contribution in [0, 0.1) is 0 Å². The van der Waals surface area contributed by atoms with Crippen LogP contribution in [0.1, 0.15) is 27.6 Å². The number of para-hydroxylation sites is 2. The third kappa shape index (κ3) is 7.67. The molecular formula is C32H28FO9P. The van der Waals surface area contributed by atoms with Crippen molar-refractivity contribution in [3.63, 3.8) is 0 Å². The molecule has 43 heavy (non-hydrogen) atoms. The molecule has 0 aliphatic carbocycles. The minimum atomic E-state index is -4.62. The van der Waals surface area contributed by atoms with Gasteiger partial charge in [-0.25, -0.2) is 23.1 Å². The number of benzene rings is 4. The van der Waals surface area contributed by atoms with E-state index >= 15 is 4.39 Å². The highest BCUT2D eigenvalue weighted by Gasteiger charge is 2.53. The largest absolute Gasteiger partial charge is 0.590 e. The van der Waals surface area contributed by atoms with Gasteiger partial charge >= 0.3 is 19.8 Å². The maximum Gasteiger partial charge on any atom is 0.590 e. The average Bonchev–Trinajstić information content (AvgIpc) is 3.03. The van der Waals surface area contributed by atoms with Crippen molar-refractivity contribution in [2.24, 2.45) is 0 Å². The maximum atomic E-state index is 16.3. The first-order valence-corrected chi connectivity index (χ1v) is 14.9. The van der Waals surface area contributed by atoms with Crippen molar-refractivity contribution in [3.8, 4) is 11.5 Å². The van der Waals surface area contributed by atoms with Crippen molar-refractivity contribution >= 4 is 19.8 Å². The molecule has 1 heterocycles. The molecule has 0 spiro atoms. The molecular weight excluding hydrogens is 578 g/mol. The normalized spacial score (nSPS) is 21.8. The number of alkyl halides is 1. The molecule has 0 saturated carbocycles. The van der Waals surface area contributed by atoms with Crippen molar-refractivity contribution in [2.45, 2.75) is 37.7 Å². The summed E-state index contributed by atoms with van der Waals surface area (Å²) in [4.78, 5) is 26.0. The zero-order valence-corrected chi connectivity index (χ0v) is 23.8. The van der Waals surface area contributed by atoms with Gasteiger partial charge in [-0.2, -0.15) is 0 Å². The van der Waals surface area contributed by atoms with Crippen molar-refractivity contribution in [3.05, 3.63) is 132 Å². The van der Waals surface area contributed by atoms with Crippen LogP contribution in [-0.4, -0.2) is 42.7 Å². The molecule has 1 aliphatic rings. The Kier molecular flexibility index (Phi) is 9.51. The van der Waals surface area contributed by atoms with Crippen molar-refractivity contribution in [1.82, 2.24) is 0 Å². The van der Waals surface area contributed by atoms with Gasteiger partial charge in [0.05, 0.1) is 17.2 Å². The number of phosphoric acid groups is 1. The summed E-state index contributed by atoms with van der Waals surface area (Å²) in [6.45, 7) is 1.48. The predicted molar refractivity (Wildman–Crippen MR) is 153 cm³/mol. The predicted octanol–water partition coefficient (Wildman–Crippen LogP) is 6.80. The number of carbonyl (C=O) groups excluding carboxylic acids is 2. The van der Waals surface area contributed by atoms with E-state index in [0.29, 0.717) is 0 Å². The van der Waals surface area contributed by atoms with Gasteiger partial charge in [0.25, 0.3) is 0 Å². The highest BCUT2D eigenvalue weighted by Crippen LogP contribution is 2.52. The summed E-state index contributed by atoms with van der Waals surface area (Å²) in [5.74, 6) is -1.39. The van der Waals surface area contributed by atoms with E-state index in [1.54, 1.807) is 72.8 Å². The molecule has 4 aromatic carbocycles. The molecule has 9 nitrogen and oxygen atoms in total. The standard InChI is InChI=1S/C32H28FO9P/c1-22-28(38-30(34)23-14-6-2-7-15-23)29(39-31(35)24-16-8-3-9-17-24)27(33)32(37-22)42-43(36,40-25-18-10-4-11-19-25)41-26-20-12-5-13-21-26/h2-22,27-29,32H,1H3/t22-,27-,28+,29-,32-/m0/s1. The van der Waals surface area contributed by atoms with Crippen LogP contribution in [0.25, 0.3) is 0 Å². The Labute approximate surface area is 247 Å². The van der Waals surface area contributed by atoms with Gasteiger partial charge in [-0.3, -0.25) is 0 Å². The topological polar surface area (TPSA) is 107 Å². The number of carbonyl (C=O) groups is 2. The molecule has 5 atom stereocenters. The maximum absolute atomic E-state index is 16.3. The smallest absolute Gasteiger partial charge is 0.452 e. The fourth-order valence-electron chi connectivity index (χ4n) is 4.29. The molecule has 0 radical (unpaired) electrons.